The molecule has 0 bridgehead atoms. The molecule has 2 fully saturated rings. The Labute approximate surface area is 137 Å². The molecule has 23 heavy (non-hydrogen) atoms. The van der Waals surface area contributed by atoms with Gasteiger partial charge in [-0.1, -0.05) is 18.2 Å². The van der Waals surface area contributed by atoms with Gasteiger partial charge in [0.25, 0.3) is 0 Å². The molecule has 2 aliphatic heterocycles. The van der Waals surface area contributed by atoms with Gasteiger partial charge in [-0.15, -0.1) is 0 Å². The molecule has 0 aromatic heterocycles. The molecule has 0 unspecified atom stereocenters. The lowest BCUT2D eigenvalue weighted by Gasteiger charge is -2.34. The second-order valence-electron chi connectivity index (χ2n) is 6.85. The average molecular weight is 356 g/mol. The molecule has 1 aliphatic carbocycles. The molecule has 126 valence electrons. The summed E-state index contributed by atoms with van der Waals surface area (Å²) in [5.41, 5.74) is 0.0213. The van der Waals surface area contributed by atoms with Crippen LogP contribution in [0.1, 0.15) is 24.8 Å². The van der Waals surface area contributed by atoms with Gasteiger partial charge in [-0.3, -0.25) is 0 Å². The number of benzene rings is 1. The highest BCUT2D eigenvalue weighted by atomic mass is 32.2. The minimum atomic E-state index is -3.55. The highest BCUT2D eigenvalue weighted by Gasteiger charge is 2.58. The van der Waals surface area contributed by atoms with Crippen LogP contribution < -0.4 is 0 Å². The van der Waals surface area contributed by atoms with Crippen LogP contribution >= 0.6 is 0 Å². The van der Waals surface area contributed by atoms with Gasteiger partial charge in [0.2, 0.25) is 20.0 Å². The molecule has 4 rings (SSSR count). The quantitative estimate of drug-likeness (QED) is 0.808. The zero-order chi connectivity index (χ0) is 16.5. The van der Waals surface area contributed by atoms with Crippen LogP contribution in [0.5, 0.6) is 0 Å². The van der Waals surface area contributed by atoms with Gasteiger partial charge in [-0.25, -0.2) is 16.8 Å². The number of nitrogens with zero attached hydrogens (tertiary/aromatic N) is 2. The third-order valence-electron chi connectivity index (χ3n) is 5.24. The third-order valence-corrected chi connectivity index (χ3v) is 8.48. The first-order valence-corrected chi connectivity index (χ1v) is 11.1. The van der Waals surface area contributed by atoms with Gasteiger partial charge in [0.15, 0.2) is 0 Å². The molecule has 1 atom stereocenters. The first-order valence-electron chi connectivity index (χ1n) is 7.83. The Morgan fingerprint density at radius 1 is 1.26 bits per heavy atom. The van der Waals surface area contributed by atoms with Crippen molar-refractivity contribution < 1.29 is 16.8 Å². The van der Waals surface area contributed by atoms with E-state index in [0.717, 1.165) is 18.4 Å². The van der Waals surface area contributed by atoms with Crippen LogP contribution in [-0.4, -0.2) is 51.3 Å². The second kappa shape index (κ2) is 4.78. The number of rotatable bonds is 3. The summed E-state index contributed by atoms with van der Waals surface area (Å²) in [6, 6.07) is 7.04. The summed E-state index contributed by atoms with van der Waals surface area (Å²) in [5.74, 6) is 0.406. The van der Waals surface area contributed by atoms with E-state index < -0.39 is 25.6 Å². The summed E-state index contributed by atoms with van der Waals surface area (Å²) in [6.07, 6.45) is 3.80. The Hall–Kier alpha value is -0.960. The van der Waals surface area contributed by atoms with Gasteiger partial charge < -0.3 is 0 Å². The van der Waals surface area contributed by atoms with Gasteiger partial charge in [-0.2, -0.15) is 8.61 Å². The molecule has 1 saturated heterocycles. The summed E-state index contributed by atoms with van der Waals surface area (Å²) < 4.78 is 52.9. The van der Waals surface area contributed by atoms with E-state index in [2.05, 4.69) is 0 Å². The summed E-state index contributed by atoms with van der Waals surface area (Å²) in [7, 11) is -6.88. The van der Waals surface area contributed by atoms with Crippen LogP contribution in [0.15, 0.2) is 29.2 Å². The van der Waals surface area contributed by atoms with E-state index in [9.17, 15) is 16.8 Å². The van der Waals surface area contributed by atoms with E-state index in [-0.39, 0.29) is 6.54 Å². The molecule has 1 spiro atoms. The Bertz CT molecular complexity index is 861. The molecule has 0 N–H and O–H groups in total. The Kier molecular flexibility index (Phi) is 3.23. The molecular formula is C15H20N2O4S2. The van der Waals surface area contributed by atoms with Crippen LogP contribution in [0.2, 0.25) is 0 Å². The van der Waals surface area contributed by atoms with E-state index in [1.54, 1.807) is 16.4 Å². The summed E-state index contributed by atoms with van der Waals surface area (Å²) in [6.45, 7) is 1.08. The predicted molar refractivity (Wildman–Crippen MR) is 85.8 cm³/mol. The third kappa shape index (κ3) is 2.26. The van der Waals surface area contributed by atoms with Crippen LogP contribution in [0.3, 0.4) is 0 Å². The molecule has 0 amide bonds. The molecule has 8 heteroatoms. The molecule has 1 saturated carbocycles. The highest BCUT2D eigenvalue weighted by Crippen LogP contribution is 2.51. The predicted octanol–water partition coefficient (Wildman–Crippen LogP) is 0.962. The van der Waals surface area contributed by atoms with Crippen molar-refractivity contribution in [2.24, 2.45) is 5.92 Å². The monoisotopic (exact) mass is 356 g/mol. The van der Waals surface area contributed by atoms with Crippen molar-refractivity contribution in [1.82, 2.24) is 8.61 Å². The first-order chi connectivity index (χ1) is 10.7. The molecule has 3 aliphatic rings. The summed E-state index contributed by atoms with van der Waals surface area (Å²) in [5, 5.41) is 0. The van der Waals surface area contributed by atoms with Crippen molar-refractivity contribution in [3.8, 4) is 0 Å². The maximum atomic E-state index is 13.0. The largest absolute Gasteiger partial charge is 0.244 e. The fraction of sp³-hybridized carbons (Fsp3) is 0.600. The van der Waals surface area contributed by atoms with Crippen LogP contribution in [0, 0.1) is 5.92 Å². The zero-order valence-corrected chi connectivity index (χ0v) is 14.6. The van der Waals surface area contributed by atoms with Crippen molar-refractivity contribution >= 4 is 20.0 Å². The topological polar surface area (TPSA) is 74.8 Å². The second-order valence-corrected chi connectivity index (χ2v) is 10.7. The fourth-order valence-corrected chi connectivity index (χ4v) is 6.84. The van der Waals surface area contributed by atoms with E-state index >= 15 is 0 Å². The molecule has 1 aromatic rings. The van der Waals surface area contributed by atoms with Crippen molar-refractivity contribution in [3.05, 3.63) is 29.8 Å². The Morgan fingerprint density at radius 3 is 2.57 bits per heavy atom. The molecular weight excluding hydrogens is 336 g/mol. The van der Waals surface area contributed by atoms with Gasteiger partial charge in [-0.05, 0) is 36.8 Å². The maximum absolute atomic E-state index is 13.0. The number of hydrogen-bond acceptors (Lipinski definition) is 4. The SMILES string of the molecule is CS(=O)(=O)N1CC[C@@]2(C1)c1ccccc1S(=O)(=O)N2CC1CC1. The maximum Gasteiger partial charge on any atom is 0.244 e. The van der Waals surface area contributed by atoms with Gasteiger partial charge in [0.1, 0.15) is 0 Å². The minimum absolute atomic E-state index is 0.217. The normalized spacial score (nSPS) is 30.8. The van der Waals surface area contributed by atoms with E-state index in [1.807, 2.05) is 12.1 Å². The summed E-state index contributed by atoms with van der Waals surface area (Å²) >= 11 is 0. The fourth-order valence-electron chi connectivity index (χ4n) is 3.83. The lowest BCUT2D eigenvalue weighted by atomic mass is 9.89. The lowest BCUT2D eigenvalue weighted by Crippen LogP contribution is -2.47. The Morgan fingerprint density at radius 2 is 1.96 bits per heavy atom. The van der Waals surface area contributed by atoms with E-state index in [1.165, 1.54) is 10.6 Å². The van der Waals surface area contributed by atoms with Crippen LogP contribution in [0.25, 0.3) is 0 Å². The van der Waals surface area contributed by atoms with E-state index in [0.29, 0.717) is 30.3 Å². The Balaban J connectivity index is 1.85. The number of hydrogen-bond donors (Lipinski definition) is 0. The smallest absolute Gasteiger partial charge is 0.213 e. The number of sulfonamides is 2. The van der Waals surface area contributed by atoms with Gasteiger partial charge in [0, 0.05) is 19.6 Å². The standard InChI is InChI=1S/C15H20N2O4S2/c1-22(18,19)16-9-8-15(11-16)13-4-2-3-5-14(13)23(20,21)17(15)10-12-6-7-12/h2-5,12H,6-11H2,1H3/t15-/m1/s1. The van der Waals surface area contributed by atoms with Crippen molar-refractivity contribution in [2.45, 2.75) is 29.7 Å². The zero-order valence-electron chi connectivity index (χ0n) is 13.0. The molecule has 2 heterocycles. The molecule has 0 radical (unpaired) electrons. The van der Waals surface area contributed by atoms with Crippen LogP contribution in [0.4, 0.5) is 0 Å². The highest BCUT2D eigenvalue weighted by molar-refractivity contribution is 7.89. The van der Waals surface area contributed by atoms with Crippen molar-refractivity contribution in [2.75, 3.05) is 25.9 Å². The van der Waals surface area contributed by atoms with Gasteiger partial charge in [0.05, 0.1) is 16.7 Å². The molecule has 6 nitrogen and oxygen atoms in total. The molecule has 1 aromatic carbocycles. The minimum Gasteiger partial charge on any atom is -0.213 e. The lowest BCUT2D eigenvalue weighted by molar-refractivity contribution is 0.204. The van der Waals surface area contributed by atoms with Crippen molar-refractivity contribution in [1.29, 1.82) is 0 Å². The summed E-state index contributed by atoms with van der Waals surface area (Å²) in [4.78, 5) is 0.344. The van der Waals surface area contributed by atoms with Crippen molar-refractivity contribution in [3.63, 3.8) is 0 Å². The van der Waals surface area contributed by atoms with Crippen LogP contribution in [-0.2, 0) is 25.6 Å². The van der Waals surface area contributed by atoms with E-state index in [4.69, 9.17) is 0 Å². The van der Waals surface area contributed by atoms with Gasteiger partial charge >= 0.3 is 0 Å². The number of fused-ring (bicyclic) bond motifs is 2. The average Bonchev–Trinajstić information content (AvgIpc) is 3.15. The first kappa shape index (κ1) is 15.6.